The quantitative estimate of drug-likeness (QED) is 0.553. The molecule has 6 nitrogen and oxygen atoms in total. The summed E-state index contributed by atoms with van der Waals surface area (Å²) in [4.78, 5) is 10.7. The molecule has 1 aliphatic heterocycles. The van der Waals surface area contributed by atoms with Gasteiger partial charge in [-0.3, -0.25) is 4.79 Å². The highest BCUT2D eigenvalue weighted by atomic mass is 16.5. The number of amides is 1. The zero-order valence-corrected chi connectivity index (χ0v) is 9.09. The lowest BCUT2D eigenvalue weighted by Gasteiger charge is -2.13. The van der Waals surface area contributed by atoms with Crippen LogP contribution in [0, 0.1) is 0 Å². The van der Waals surface area contributed by atoms with Gasteiger partial charge in [0.05, 0.1) is 6.04 Å². The Morgan fingerprint density at radius 3 is 3.12 bits per heavy atom. The summed E-state index contributed by atoms with van der Waals surface area (Å²) in [5, 5.41) is 21.5. The molecule has 0 saturated heterocycles. The molecular formula is C11H14N2O4. The summed E-state index contributed by atoms with van der Waals surface area (Å²) in [6, 6.07) is 4.72. The third-order valence-electron chi connectivity index (χ3n) is 2.66. The average molecular weight is 238 g/mol. The zero-order chi connectivity index (χ0) is 12.4. The number of ether oxygens (including phenoxy) is 1. The number of carbonyl (C=O) groups is 1. The van der Waals surface area contributed by atoms with Gasteiger partial charge in [-0.15, -0.1) is 0 Å². The Bertz CT molecular complexity index is 435. The van der Waals surface area contributed by atoms with E-state index in [0.717, 1.165) is 5.56 Å². The highest BCUT2D eigenvalue weighted by Crippen LogP contribution is 2.34. The standard InChI is InChI=1S/C11H14N2O4/c12-11(16)9(15)4-13-8-5-17-10-3-6(14)1-2-7(8)10/h1-3,8-9,13-15H,4-5H2,(H2,12,16). The lowest BCUT2D eigenvalue weighted by Crippen LogP contribution is -2.39. The van der Waals surface area contributed by atoms with Crippen LogP contribution < -0.4 is 15.8 Å². The van der Waals surface area contributed by atoms with Crippen LogP contribution >= 0.6 is 0 Å². The van der Waals surface area contributed by atoms with Crippen LogP contribution in [0.5, 0.6) is 11.5 Å². The number of benzene rings is 1. The Morgan fingerprint density at radius 2 is 2.41 bits per heavy atom. The molecule has 0 saturated carbocycles. The van der Waals surface area contributed by atoms with Crippen molar-refractivity contribution in [3.05, 3.63) is 23.8 Å². The number of nitrogens with one attached hydrogen (secondary N) is 1. The number of hydrogen-bond acceptors (Lipinski definition) is 5. The summed E-state index contributed by atoms with van der Waals surface area (Å²) in [5.41, 5.74) is 5.83. The molecule has 1 aliphatic rings. The summed E-state index contributed by atoms with van der Waals surface area (Å²) in [5.74, 6) is -0.0139. The third-order valence-corrected chi connectivity index (χ3v) is 2.66. The van der Waals surface area contributed by atoms with Crippen molar-refractivity contribution in [2.24, 2.45) is 5.73 Å². The van der Waals surface area contributed by atoms with Gasteiger partial charge in [0.2, 0.25) is 5.91 Å². The number of aliphatic hydroxyl groups excluding tert-OH is 1. The molecule has 0 aromatic heterocycles. The minimum atomic E-state index is -1.21. The van der Waals surface area contributed by atoms with Crippen LogP contribution in [0.4, 0.5) is 0 Å². The Hall–Kier alpha value is -1.79. The third kappa shape index (κ3) is 2.48. The maximum atomic E-state index is 10.7. The van der Waals surface area contributed by atoms with Crippen molar-refractivity contribution in [3.8, 4) is 11.5 Å². The van der Waals surface area contributed by atoms with Crippen LogP contribution in [0.25, 0.3) is 0 Å². The second-order valence-electron chi connectivity index (χ2n) is 3.91. The van der Waals surface area contributed by atoms with Gasteiger partial charge in [-0.1, -0.05) is 0 Å². The van der Waals surface area contributed by atoms with Gasteiger partial charge in [0, 0.05) is 18.2 Å². The average Bonchev–Trinajstić information content (AvgIpc) is 2.67. The maximum absolute atomic E-state index is 10.7. The molecular weight excluding hydrogens is 224 g/mol. The first kappa shape index (κ1) is 11.7. The van der Waals surface area contributed by atoms with Gasteiger partial charge >= 0.3 is 0 Å². The van der Waals surface area contributed by atoms with Crippen LogP contribution in [-0.2, 0) is 4.79 Å². The van der Waals surface area contributed by atoms with Crippen molar-refractivity contribution in [2.75, 3.05) is 13.2 Å². The van der Waals surface area contributed by atoms with Gasteiger partial charge in [-0.25, -0.2) is 0 Å². The Labute approximate surface area is 98.0 Å². The molecule has 2 unspecified atom stereocenters. The number of hydrogen-bond donors (Lipinski definition) is 4. The zero-order valence-electron chi connectivity index (χ0n) is 9.09. The number of carbonyl (C=O) groups excluding carboxylic acids is 1. The molecule has 1 amide bonds. The number of rotatable bonds is 4. The normalized spacial score (nSPS) is 19.5. The first-order chi connectivity index (χ1) is 8.08. The fourth-order valence-corrected chi connectivity index (χ4v) is 1.72. The van der Waals surface area contributed by atoms with Crippen LogP contribution in [-0.4, -0.2) is 35.4 Å². The summed E-state index contributed by atoms with van der Waals surface area (Å²) >= 11 is 0. The van der Waals surface area contributed by atoms with Crippen LogP contribution in [0.2, 0.25) is 0 Å². The Morgan fingerprint density at radius 1 is 1.65 bits per heavy atom. The van der Waals surface area contributed by atoms with E-state index < -0.39 is 12.0 Å². The number of phenolic OH excluding ortho intramolecular Hbond substituents is 1. The van der Waals surface area contributed by atoms with Crippen molar-refractivity contribution in [2.45, 2.75) is 12.1 Å². The molecule has 5 N–H and O–H groups in total. The first-order valence-electron chi connectivity index (χ1n) is 5.24. The summed E-state index contributed by atoms with van der Waals surface area (Å²) in [6.07, 6.45) is -1.21. The van der Waals surface area contributed by atoms with E-state index in [-0.39, 0.29) is 18.3 Å². The van der Waals surface area contributed by atoms with E-state index in [1.165, 1.54) is 6.07 Å². The smallest absolute Gasteiger partial charge is 0.247 e. The lowest BCUT2D eigenvalue weighted by molar-refractivity contribution is -0.125. The molecule has 6 heteroatoms. The molecule has 92 valence electrons. The number of phenols is 1. The van der Waals surface area contributed by atoms with Gasteiger partial charge < -0.3 is 26.0 Å². The first-order valence-corrected chi connectivity index (χ1v) is 5.24. The van der Waals surface area contributed by atoms with E-state index in [1.807, 2.05) is 0 Å². The predicted octanol–water partition coefficient (Wildman–Crippen LogP) is -0.739. The molecule has 0 spiro atoms. The Balaban J connectivity index is 2.00. The second kappa shape index (κ2) is 4.60. The molecule has 0 fully saturated rings. The van der Waals surface area contributed by atoms with Crippen molar-refractivity contribution >= 4 is 5.91 Å². The topological polar surface area (TPSA) is 105 Å². The molecule has 17 heavy (non-hydrogen) atoms. The van der Waals surface area contributed by atoms with Gasteiger partial charge in [-0.2, -0.15) is 0 Å². The number of nitrogens with two attached hydrogens (primary N) is 1. The van der Waals surface area contributed by atoms with Gasteiger partial charge in [0.15, 0.2) is 0 Å². The number of primary amides is 1. The van der Waals surface area contributed by atoms with Gasteiger partial charge in [-0.05, 0) is 12.1 Å². The van der Waals surface area contributed by atoms with E-state index in [9.17, 15) is 15.0 Å². The summed E-state index contributed by atoms with van der Waals surface area (Å²) in [7, 11) is 0. The highest BCUT2D eigenvalue weighted by Gasteiger charge is 2.25. The van der Waals surface area contributed by atoms with Crippen LogP contribution in [0.1, 0.15) is 11.6 Å². The van der Waals surface area contributed by atoms with Crippen LogP contribution in [0.15, 0.2) is 18.2 Å². The number of aromatic hydroxyl groups is 1. The SMILES string of the molecule is NC(=O)C(O)CNC1COc2cc(O)ccc21. The van der Waals surface area contributed by atoms with Crippen LogP contribution in [0.3, 0.4) is 0 Å². The van der Waals surface area contributed by atoms with Gasteiger partial charge in [0.25, 0.3) is 0 Å². The van der Waals surface area contributed by atoms with Gasteiger partial charge in [0.1, 0.15) is 24.2 Å². The van der Waals surface area contributed by atoms with Crippen molar-refractivity contribution in [1.82, 2.24) is 5.32 Å². The largest absolute Gasteiger partial charge is 0.508 e. The molecule has 1 aromatic carbocycles. The fraction of sp³-hybridized carbons (Fsp3) is 0.364. The predicted molar refractivity (Wildman–Crippen MR) is 59.5 cm³/mol. The van der Waals surface area contributed by atoms with Crippen molar-refractivity contribution < 1.29 is 19.7 Å². The maximum Gasteiger partial charge on any atom is 0.247 e. The second-order valence-corrected chi connectivity index (χ2v) is 3.91. The summed E-state index contributed by atoms with van der Waals surface area (Å²) < 4.78 is 5.36. The monoisotopic (exact) mass is 238 g/mol. The fourth-order valence-electron chi connectivity index (χ4n) is 1.72. The number of fused-ring (bicyclic) bond motifs is 1. The van der Waals surface area contributed by atoms with E-state index >= 15 is 0 Å². The molecule has 0 bridgehead atoms. The lowest BCUT2D eigenvalue weighted by atomic mass is 10.1. The van der Waals surface area contributed by atoms with E-state index in [1.54, 1.807) is 12.1 Å². The minimum absolute atomic E-state index is 0.0731. The van der Waals surface area contributed by atoms with Crippen molar-refractivity contribution in [3.63, 3.8) is 0 Å². The molecule has 2 atom stereocenters. The molecule has 0 radical (unpaired) electrons. The Kier molecular flexibility index (Phi) is 3.16. The summed E-state index contributed by atoms with van der Waals surface area (Å²) in [6.45, 7) is 0.466. The molecule has 1 heterocycles. The molecule has 0 aliphatic carbocycles. The number of aliphatic hydroxyl groups is 1. The van der Waals surface area contributed by atoms with E-state index in [4.69, 9.17) is 10.5 Å². The van der Waals surface area contributed by atoms with E-state index in [2.05, 4.69) is 5.32 Å². The molecule has 1 aromatic rings. The minimum Gasteiger partial charge on any atom is -0.508 e. The van der Waals surface area contributed by atoms with E-state index in [0.29, 0.717) is 12.4 Å². The van der Waals surface area contributed by atoms with Crippen molar-refractivity contribution in [1.29, 1.82) is 0 Å². The highest BCUT2D eigenvalue weighted by molar-refractivity contribution is 5.78. The molecule has 2 rings (SSSR count).